The van der Waals surface area contributed by atoms with Crippen molar-refractivity contribution in [1.29, 1.82) is 0 Å². The molecule has 0 radical (unpaired) electrons. The third-order valence-corrected chi connectivity index (χ3v) is 4.61. The highest BCUT2D eigenvalue weighted by atomic mass is 16.5. The minimum Gasteiger partial charge on any atom is -0.479 e. The molecule has 3 rings (SSSR count). The summed E-state index contributed by atoms with van der Waals surface area (Å²) in [5.41, 5.74) is 7.33. The normalized spacial score (nSPS) is 26.7. The lowest BCUT2D eigenvalue weighted by atomic mass is 9.83. The molecule has 6 heteroatoms. The summed E-state index contributed by atoms with van der Waals surface area (Å²) in [6, 6.07) is 5.37. The molecule has 1 aliphatic heterocycles. The number of nitrogens with two attached hydrogens (primary N) is 1. The molecule has 1 saturated carbocycles. The Kier molecular flexibility index (Phi) is 4.52. The Balaban J connectivity index is 1.63. The van der Waals surface area contributed by atoms with Gasteiger partial charge in [-0.1, -0.05) is 12.8 Å². The zero-order chi connectivity index (χ0) is 16.4. The van der Waals surface area contributed by atoms with Gasteiger partial charge in [-0.05, 0) is 43.9 Å². The van der Waals surface area contributed by atoms with Crippen molar-refractivity contribution in [2.75, 3.05) is 10.6 Å². The maximum atomic E-state index is 12.2. The van der Waals surface area contributed by atoms with Crippen molar-refractivity contribution in [3.05, 3.63) is 18.2 Å². The van der Waals surface area contributed by atoms with Gasteiger partial charge in [0.15, 0.2) is 6.10 Å². The summed E-state index contributed by atoms with van der Waals surface area (Å²) in [4.78, 5) is 23.9. The maximum absolute atomic E-state index is 12.2. The van der Waals surface area contributed by atoms with E-state index < -0.39 is 6.10 Å². The molecule has 1 fully saturated rings. The number of benzene rings is 1. The van der Waals surface area contributed by atoms with E-state index in [1.807, 2.05) is 0 Å². The van der Waals surface area contributed by atoms with Crippen LogP contribution in [0.5, 0.6) is 5.75 Å². The van der Waals surface area contributed by atoms with Crippen LogP contribution in [-0.4, -0.2) is 24.0 Å². The second kappa shape index (κ2) is 6.58. The van der Waals surface area contributed by atoms with E-state index in [4.69, 9.17) is 10.5 Å². The number of carbonyl (C=O) groups is 2. The lowest BCUT2D eigenvalue weighted by molar-refractivity contribution is -0.122. The van der Waals surface area contributed by atoms with E-state index in [0.717, 1.165) is 25.7 Å². The Morgan fingerprint density at radius 1 is 1.39 bits per heavy atom. The van der Waals surface area contributed by atoms with Crippen LogP contribution in [0.4, 0.5) is 11.4 Å². The molecule has 1 aliphatic carbocycles. The zero-order valence-electron chi connectivity index (χ0n) is 13.3. The molecule has 3 unspecified atom stereocenters. The smallest absolute Gasteiger partial charge is 0.265 e. The molecule has 124 valence electrons. The lowest BCUT2D eigenvalue weighted by Gasteiger charge is -2.28. The SMILES string of the molecule is CC1Oc2ccc(NC(=O)CC3CCCCC3N)cc2NC1=O. The van der Waals surface area contributed by atoms with Gasteiger partial charge in [0.25, 0.3) is 5.91 Å². The molecule has 1 aromatic carbocycles. The van der Waals surface area contributed by atoms with Crippen molar-refractivity contribution in [3.63, 3.8) is 0 Å². The molecule has 1 aromatic rings. The fraction of sp³-hybridized carbons (Fsp3) is 0.529. The Hall–Kier alpha value is -2.08. The summed E-state index contributed by atoms with van der Waals surface area (Å²) < 4.78 is 5.50. The standard InChI is InChI=1S/C17H23N3O3/c1-10-17(22)20-14-9-12(6-7-15(14)23-10)19-16(21)8-11-4-2-3-5-13(11)18/h6-7,9-11,13H,2-5,8,18H2,1H3,(H,19,21)(H,20,22). The van der Waals surface area contributed by atoms with E-state index >= 15 is 0 Å². The van der Waals surface area contributed by atoms with Crippen molar-refractivity contribution in [2.45, 2.75) is 51.2 Å². The van der Waals surface area contributed by atoms with Gasteiger partial charge in [0.2, 0.25) is 5.91 Å². The quantitative estimate of drug-likeness (QED) is 0.797. The van der Waals surface area contributed by atoms with Crippen LogP contribution < -0.4 is 21.1 Å². The fourth-order valence-electron chi connectivity index (χ4n) is 3.23. The number of carbonyl (C=O) groups excluding carboxylic acids is 2. The van der Waals surface area contributed by atoms with Crippen molar-refractivity contribution in [1.82, 2.24) is 0 Å². The van der Waals surface area contributed by atoms with Crippen LogP contribution in [0.1, 0.15) is 39.0 Å². The molecule has 4 N–H and O–H groups in total. The van der Waals surface area contributed by atoms with E-state index in [1.165, 1.54) is 0 Å². The highest BCUT2D eigenvalue weighted by Gasteiger charge is 2.25. The molecule has 0 aromatic heterocycles. The second-order valence-corrected chi connectivity index (χ2v) is 6.42. The van der Waals surface area contributed by atoms with Gasteiger partial charge in [-0.3, -0.25) is 9.59 Å². The van der Waals surface area contributed by atoms with Crippen LogP contribution in [0.2, 0.25) is 0 Å². The molecule has 0 saturated heterocycles. The molecule has 0 bridgehead atoms. The van der Waals surface area contributed by atoms with Crippen LogP contribution in [-0.2, 0) is 9.59 Å². The molecular formula is C17H23N3O3. The predicted octanol–water partition coefficient (Wildman–Crippen LogP) is 2.25. The summed E-state index contributed by atoms with van der Waals surface area (Å²) >= 11 is 0. The van der Waals surface area contributed by atoms with E-state index in [9.17, 15) is 9.59 Å². The van der Waals surface area contributed by atoms with E-state index in [2.05, 4.69) is 10.6 Å². The first kappa shape index (κ1) is 15.8. The number of anilines is 2. The van der Waals surface area contributed by atoms with Crippen molar-refractivity contribution >= 4 is 23.2 Å². The maximum Gasteiger partial charge on any atom is 0.265 e. The first-order valence-electron chi connectivity index (χ1n) is 8.20. The Labute approximate surface area is 135 Å². The minimum absolute atomic E-state index is 0.0382. The molecule has 23 heavy (non-hydrogen) atoms. The van der Waals surface area contributed by atoms with Gasteiger partial charge in [-0.2, -0.15) is 0 Å². The molecule has 6 nitrogen and oxygen atoms in total. The van der Waals surface area contributed by atoms with Crippen molar-refractivity contribution < 1.29 is 14.3 Å². The monoisotopic (exact) mass is 317 g/mol. The average molecular weight is 317 g/mol. The molecular weight excluding hydrogens is 294 g/mol. The first-order chi connectivity index (χ1) is 11.0. The van der Waals surface area contributed by atoms with E-state index in [1.54, 1.807) is 25.1 Å². The van der Waals surface area contributed by atoms with Crippen LogP contribution in [0.3, 0.4) is 0 Å². The third-order valence-electron chi connectivity index (χ3n) is 4.61. The summed E-state index contributed by atoms with van der Waals surface area (Å²) in [6.45, 7) is 1.70. The van der Waals surface area contributed by atoms with E-state index in [-0.39, 0.29) is 23.8 Å². The third kappa shape index (κ3) is 3.64. The Morgan fingerprint density at radius 3 is 2.96 bits per heavy atom. The Bertz CT molecular complexity index is 617. The van der Waals surface area contributed by atoms with Crippen LogP contribution in [0.15, 0.2) is 18.2 Å². The largest absolute Gasteiger partial charge is 0.479 e. The highest BCUT2D eigenvalue weighted by Crippen LogP contribution is 2.32. The van der Waals surface area contributed by atoms with Gasteiger partial charge in [0.1, 0.15) is 5.75 Å². The zero-order valence-corrected chi connectivity index (χ0v) is 13.3. The minimum atomic E-state index is -0.504. The van der Waals surface area contributed by atoms with Crippen LogP contribution >= 0.6 is 0 Å². The fourth-order valence-corrected chi connectivity index (χ4v) is 3.23. The summed E-state index contributed by atoms with van der Waals surface area (Å²) in [7, 11) is 0. The number of rotatable bonds is 3. The lowest BCUT2D eigenvalue weighted by Crippen LogP contribution is -2.35. The molecule has 0 spiro atoms. The van der Waals surface area contributed by atoms with Gasteiger partial charge in [0, 0.05) is 18.2 Å². The van der Waals surface area contributed by atoms with Gasteiger partial charge in [0.05, 0.1) is 5.69 Å². The first-order valence-corrected chi connectivity index (χ1v) is 8.20. The predicted molar refractivity (Wildman–Crippen MR) is 88.3 cm³/mol. The number of fused-ring (bicyclic) bond motifs is 1. The summed E-state index contributed by atoms with van der Waals surface area (Å²) in [5, 5.41) is 5.66. The molecule has 1 heterocycles. The topological polar surface area (TPSA) is 93.4 Å². The Morgan fingerprint density at radius 2 is 2.17 bits per heavy atom. The molecule has 2 amide bonds. The van der Waals surface area contributed by atoms with Gasteiger partial charge >= 0.3 is 0 Å². The second-order valence-electron chi connectivity index (χ2n) is 6.42. The van der Waals surface area contributed by atoms with Crippen molar-refractivity contribution in [3.8, 4) is 5.75 Å². The van der Waals surface area contributed by atoms with Crippen LogP contribution in [0, 0.1) is 5.92 Å². The van der Waals surface area contributed by atoms with Gasteiger partial charge in [-0.15, -0.1) is 0 Å². The average Bonchev–Trinajstić information content (AvgIpc) is 2.51. The van der Waals surface area contributed by atoms with Gasteiger partial charge < -0.3 is 21.1 Å². The number of ether oxygens (including phenoxy) is 1. The van der Waals surface area contributed by atoms with Crippen molar-refractivity contribution in [2.24, 2.45) is 11.7 Å². The number of hydrogen-bond acceptors (Lipinski definition) is 4. The summed E-state index contributed by atoms with van der Waals surface area (Å²) in [5.74, 6) is 0.646. The van der Waals surface area contributed by atoms with Crippen LogP contribution in [0.25, 0.3) is 0 Å². The number of nitrogens with one attached hydrogen (secondary N) is 2. The summed E-state index contributed by atoms with van der Waals surface area (Å²) in [6.07, 6.45) is 4.25. The van der Waals surface area contributed by atoms with E-state index in [0.29, 0.717) is 23.5 Å². The highest BCUT2D eigenvalue weighted by molar-refractivity contribution is 5.99. The molecule has 2 aliphatic rings. The van der Waals surface area contributed by atoms with Gasteiger partial charge in [-0.25, -0.2) is 0 Å². The molecule has 3 atom stereocenters. The number of hydrogen-bond donors (Lipinski definition) is 3. The number of amides is 2.